The summed E-state index contributed by atoms with van der Waals surface area (Å²) >= 11 is 5.04. The Morgan fingerprint density at radius 3 is 1.67 bits per heavy atom. The topological polar surface area (TPSA) is 44.6 Å². The largest absolute Gasteiger partial charge is 0.162 e. The van der Waals surface area contributed by atoms with Crippen molar-refractivity contribution in [3.05, 3.63) is 0 Å². The van der Waals surface area contributed by atoms with Gasteiger partial charge < -0.3 is 0 Å². The lowest BCUT2D eigenvalue weighted by molar-refractivity contribution is 1.64. The molecule has 0 saturated carbocycles. The van der Waals surface area contributed by atoms with Crippen LogP contribution in [0.1, 0.15) is 0 Å². The van der Waals surface area contributed by atoms with Crippen molar-refractivity contribution in [1.82, 2.24) is 10.8 Å². The molecule has 0 bridgehead atoms. The lowest BCUT2D eigenvalue weighted by atomic mass is 10.5. The summed E-state index contributed by atoms with van der Waals surface area (Å²) in [7, 11) is 0. The summed E-state index contributed by atoms with van der Waals surface area (Å²) in [5, 5.41) is 15.0. The minimum atomic E-state index is -0.731. The number of rotatable bonds is 2. The van der Waals surface area contributed by atoms with Gasteiger partial charge in [0.2, 0.25) is 0 Å². The fraction of sp³-hybridized carbons (Fsp3) is 0.333. The molecular weight excluding hydrogens is 99.5 g/mol. The van der Waals surface area contributed by atoms with E-state index in [0.717, 1.165) is 0 Å². The van der Waals surface area contributed by atoms with Crippen LogP contribution in [0.2, 0.25) is 0 Å². The van der Waals surface area contributed by atoms with E-state index in [1.807, 2.05) is 0 Å². The predicted octanol–water partition coefficient (Wildman–Crippen LogP) is -0.664. The number of hydrogen-bond acceptors (Lipinski definition) is 0. The zero-order valence-electron chi connectivity index (χ0n) is 3.00. The van der Waals surface area contributed by atoms with Crippen LogP contribution in [-0.2, 0) is 0 Å². The molecule has 0 aliphatic rings. The molecule has 0 aliphatic carbocycles. The molecule has 0 aromatic carbocycles. The van der Waals surface area contributed by atoms with Gasteiger partial charge in [0.05, 0.1) is 12.4 Å². The Kier molecular flexibility index (Phi) is 2.67. The summed E-state index contributed by atoms with van der Waals surface area (Å²) in [5.41, 5.74) is 0. The lowest BCUT2D eigenvalue weighted by Gasteiger charge is -1.79. The van der Waals surface area contributed by atoms with Crippen molar-refractivity contribution in [2.24, 2.45) is 0 Å². The first kappa shape index (κ1) is 5.63. The van der Waals surface area contributed by atoms with Gasteiger partial charge >= 0.3 is 0 Å². The second-order valence-corrected chi connectivity index (χ2v) is 1.25. The van der Waals surface area contributed by atoms with Crippen LogP contribution < -0.4 is 10.8 Å². The molecule has 0 heterocycles. The van der Waals surface area contributed by atoms with Gasteiger partial charge in [-0.25, -0.2) is 0 Å². The van der Waals surface area contributed by atoms with Gasteiger partial charge in [0.25, 0.3) is 0 Å². The first-order valence-electron chi connectivity index (χ1n) is 1.40. The van der Waals surface area contributed by atoms with E-state index in [1.54, 1.807) is 0 Å². The molecule has 0 saturated heterocycles. The van der Waals surface area contributed by atoms with Crippen molar-refractivity contribution in [2.45, 2.75) is 5.38 Å². The molecule has 0 unspecified atom stereocenters. The van der Waals surface area contributed by atoms with Crippen molar-refractivity contribution in [1.29, 1.82) is 0 Å². The smallest absolute Gasteiger partial charge is 0.108 e. The lowest BCUT2D eigenvalue weighted by Crippen LogP contribution is -2.00. The van der Waals surface area contributed by atoms with E-state index in [-0.39, 0.29) is 0 Å². The second kappa shape index (κ2) is 2.85. The molecule has 0 spiro atoms. The first-order valence-corrected chi connectivity index (χ1v) is 1.84. The Morgan fingerprint density at radius 1 is 1.33 bits per heavy atom. The zero-order chi connectivity index (χ0) is 4.99. The summed E-state index contributed by atoms with van der Waals surface area (Å²) in [6.45, 7) is 0. The summed E-state index contributed by atoms with van der Waals surface area (Å²) in [5.74, 6) is 0. The third kappa shape index (κ3) is 1.91. The average molecular weight is 103 g/mol. The third-order valence-corrected chi connectivity index (χ3v) is 0.510. The highest BCUT2D eigenvalue weighted by Crippen LogP contribution is 1.79. The standard InChI is InChI=1S/C3H3ClN2/c4-3(1-5)2-6/h1-3H. The molecule has 32 valence electrons. The normalized spacial score (nSPS) is 8.33. The molecule has 0 amide bonds. The van der Waals surface area contributed by atoms with E-state index in [9.17, 15) is 0 Å². The van der Waals surface area contributed by atoms with Crippen LogP contribution in [0.5, 0.6) is 0 Å². The minimum Gasteiger partial charge on any atom is -0.162 e. The Morgan fingerprint density at radius 2 is 1.67 bits per heavy atom. The van der Waals surface area contributed by atoms with E-state index >= 15 is 0 Å². The fourth-order valence-electron chi connectivity index (χ4n) is 0.0385. The SMILES string of the molecule is [N]=CC(Cl)C=[N]. The summed E-state index contributed by atoms with van der Waals surface area (Å²) in [4.78, 5) is 0. The molecule has 0 aliphatic heterocycles. The minimum absolute atomic E-state index is 0.682. The molecule has 0 atom stereocenters. The van der Waals surface area contributed by atoms with Crippen molar-refractivity contribution in [3.63, 3.8) is 0 Å². The van der Waals surface area contributed by atoms with Crippen molar-refractivity contribution < 1.29 is 0 Å². The first-order chi connectivity index (χ1) is 2.81. The van der Waals surface area contributed by atoms with Gasteiger partial charge in [-0.2, -0.15) is 10.8 Å². The molecule has 0 aromatic heterocycles. The molecule has 0 aromatic rings. The van der Waals surface area contributed by atoms with E-state index < -0.39 is 5.38 Å². The maximum absolute atomic E-state index is 7.89. The molecule has 0 rings (SSSR count). The van der Waals surface area contributed by atoms with Gasteiger partial charge in [-0.15, -0.1) is 11.6 Å². The zero-order valence-corrected chi connectivity index (χ0v) is 3.76. The number of halogens is 1. The molecular formula is C3H3ClN2. The molecule has 0 N–H and O–H groups in total. The Balaban J connectivity index is 3.21. The van der Waals surface area contributed by atoms with E-state index in [4.69, 9.17) is 22.4 Å². The van der Waals surface area contributed by atoms with Crippen LogP contribution in [0.4, 0.5) is 0 Å². The maximum atomic E-state index is 7.89. The monoisotopic (exact) mass is 102 g/mol. The van der Waals surface area contributed by atoms with Crippen molar-refractivity contribution in [3.8, 4) is 0 Å². The summed E-state index contributed by atoms with van der Waals surface area (Å²) in [6.07, 6.45) is 1.36. The van der Waals surface area contributed by atoms with Crippen molar-refractivity contribution in [2.75, 3.05) is 0 Å². The highest BCUT2D eigenvalue weighted by Gasteiger charge is 1.88. The highest BCUT2D eigenvalue weighted by atomic mass is 35.5. The number of nitrogens with zero attached hydrogens (tertiary/aromatic N) is 2. The van der Waals surface area contributed by atoms with Gasteiger partial charge in [-0.1, -0.05) is 0 Å². The van der Waals surface area contributed by atoms with Gasteiger partial charge in [0, 0.05) is 0 Å². The summed E-state index contributed by atoms with van der Waals surface area (Å²) in [6, 6.07) is 0. The average Bonchev–Trinajstić information content (AvgIpc) is 1.65. The Hall–Kier alpha value is -0.370. The van der Waals surface area contributed by atoms with E-state index in [0.29, 0.717) is 12.4 Å². The van der Waals surface area contributed by atoms with Crippen molar-refractivity contribution >= 4 is 24.0 Å². The van der Waals surface area contributed by atoms with Gasteiger partial charge in [-0.3, -0.25) is 0 Å². The van der Waals surface area contributed by atoms with Crippen LogP contribution in [0, 0.1) is 0 Å². The van der Waals surface area contributed by atoms with Gasteiger partial charge in [0.1, 0.15) is 5.38 Å². The Bertz CT molecular complexity index is 53.8. The molecule has 2 radical (unpaired) electrons. The van der Waals surface area contributed by atoms with Gasteiger partial charge in [-0.05, 0) is 0 Å². The molecule has 0 fully saturated rings. The van der Waals surface area contributed by atoms with Crippen LogP contribution in [-0.4, -0.2) is 17.8 Å². The quantitative estimate of drug-likeness (QED) is 0.328. The number of hydrogen-bond donors (Lipinski definition) is 0. The van der Waals surface area contributed by atoms with Crippen LogP contribution in [0.15, 0.2) is 0 Å². The third-order valence-electron chi connectivity index (χ3n) is 0.285. The number of alkyl halides is 1. The van der Waals surface area contributed by atoms with Crippen LogP contribution >= 0.6 is 11.6 Å². The van der Waals surface area contributed by atoms with E-state index in [2.05, 4.69) is 0 Å². The molecule has 2 nitrogen and oxygen atoms in total. The van der Waals surface area contributed by atoms with E-state index in [1.165, 1.54) is 0 Å². The fourth-order valence-corrected chi connectivity index (χ4v) is 0.0385. The van der Waals surface area contributed by atoms with Crippen LogP contribution in [0.3, 0.4) is 0 Å². The maximum Gasteiger partial charge on any atom is 0.108 e. The van der Waals surface area contributed by atoms with Crippen LogP contribution in [0.25, 0.3) is 0 Å². The highest BCUT2D eigenvalue weighted by molar-refractivity contribution is 6.36. The predicted molar refractivity (Wildman–Crippen MR) is 26.0 cm³/mol. The summed E-state index contributed by atoms with van der Waals surface area (Å²) < 4.78 is 0. The Labute approximate surface area is 41.1 Å². The molecule has 6 heavy (non-hydrogen) atoms. The van der Waals surface area contributed by atoms with Gasteiger partial charge in [0.15, 0.2) is 0 Å². The second-order valence-electron chi connectivity index (χ2n) is 0.743. The molecule has 3 heteroatoms.